The molecule has 0 fully saturated rings. The van der Waals surface area contributed by atoms with Gasteiger partial charge in [0.05, 0.1) is 5.92 Å². The van der Waals surface area contributed by atoms with Crippen LogP contribution >= 0.6 is 0 Å². The van der Waals surface area contributed by atoms with Gasteiger partial charge in [0.25, 0.3) is 0 Å². The zero-order valence-electron chi connectivity index (χ0n) is 10.0. The zero-order chi connectivity index (χ0) is 12.1. The Balaban J connectivity index is 2.70. The highest BCUT2D eigenvalue weighted by atomic mass is 16.2. The molecule has 0 aliphatic carbocycles. The van der Waals surface area contributed by atoms with Crippen molar-refractivity contribution in [3.63, 3.8) is 0 Å². The largest absolute Gasteiger partial charge is 0.330 e. The van der Waals surface area contributed by atoms with Gasteiger partial charge in [-0.1, -0.05) is 13.8 Å². The third kappa shape index (κ3) is 3.31. The number of carbonyl (C=O) groups excluding carboxylic acids is 1. The lowest BCUT2D eigenvalue weighted by Gasteiger charge is -2.17. The highest BCUT2D eigenvalue weighted by Gasteiger charge is 2.20. The minimum absolute atomic E-state index is 0.0596. The van der Waals surface area contributed by atoms with Crippen molar-refractivity contribution < 1.29 is 4.79 Å². The molecule has 1 aromatic rings. The van der Waals surface area contributed by atoms with Crippen LogP contribution in [0.4, 0.5) is 5.82 Å². The van der Waals surface area contributed by atoms with E-state index in [9.17, 15) is 4.79 Å². The summed E-state index contributed by atoms with van der Waals surface area (Å²) in [4.78, 5) is 15.9. The van der Waals surface area contributed by atoms with Gasteiger partial charge < -0.3 is 11.1 Å². The molecule has 1 rings (SSSR count). The maximum atomic E-state index is 11.9. The lowest BCUT2D eigenvalue weighted by Crippen LogP contribution is -2.33. The van der Waals surface area contributed by atoms with E-state index in [4.69, 9.17) is 5.73 Å². The van der Waals surface area contributed by atoms with Crippen molar-refractivity contribution in [3.8, 4) is 0 Å². The summed E-state index contributed by atoms with van der Waals surface area (Å²) in [6.07, 6.45) is 1.68. The number of anilines is 1. The Kier molecular flexibility index (Phi) is 4.43. The van der Waals surface area contributed by atoms with Crippen LogP contribution in [-0.4, -0.2) is 17.4 Å². The number of nitrogens with two attached hydrogens (primary N) is 1. The van der Waals surface area contributed by atoms with Crippen LogP contribution < -0.4 is 11.1 Å². The summed E-state index contributed by atoms with van der Waals surface area (Å²) >= 11 is 0. The standard InChI is InChI=1S/C12H19N3O/c1-8(2)10(7-13)12(16)15-11-6-9(3)4-5-14-11/h4-6,8,10H,7,13H2,1-3H3,(H,14,15,16). The summed E-state index contributed by atoms with van der Waals surface area (Å²) in [7, 11) is 0. The van der Waals surface area contributed by atoms with Crippen molar-refractivity contribution in [2.45, 2.75) is 20.8 Å². The fourth-order valence-corrected chi connectivity index (χ4v) is 1.51. The fraction of sp³-hybridized carbons (Fsp3) is 0.500. The SMILES string of the molecule is Cc1ccnc(NC(=O)C(CN)C(C)C)c1. The molecule has 1 heterocycles. The molecule has 0 aliphatic rings. The number of rotatable bonds is 4. The number of amides is 1. The van der Waals surface area contributed by atoms with Crippen LogP contribution in [0, 0.1) is 18.8 Å². The topological polar surface area (TPSA) is 68.0 Å². The number of aryl methyl sites for hydroxylation is 1. The summed E-state index contributed by atoms with van der Waals surface area (Å²) in [5.74, 6) is 0.594. The van der Waals surface area contributed by atoms with Gasteiger partial charge in [-0.3, -0.25) is 4.79 Å². The number of nitrogens with zero attached hydrogens (tertiary/aromatic N) is 1. The highest BCUT2D eigenvalue weighted by molar-refractivity contribution is 5.92. The average Bonchev–Trinajstić information content (AvgIpc) is 2.17. The first-order chi connectivity index (χ1) is 7.54. The quantitative estimate of drug-likeness (QED) is 0.810. The molecule has 4 nitrogen and oxygen atoms in total. The van der Waals surface area contributed by atoms with Gasteiger partial charge >= 0.3 is 0 Å². The number of carbonyl (C=O) groups is 1. The molecule has 0 radical (unpaired) electrons. The van der Waals surface area contributed by atoms with Crippen LogP contribution in [0.1, 0.15) is 19.4 Å². The Bertz CT molecular complexity index is 363. The van der Waals surface area contributed by atoms with Crippen molar-refractivity contribution in [3.05, 3.63) is 23.9 Å². The molecule has 0 saturated carbocycles. The molecule has 1 unspecified atom stereocenters. The lowest BCUT2D eigenvalue weighted by atomic mass is 9.95. The van der Waals surface area contributed by atoms with E-state index in [-0.39, 0.29) is 17.7 Å². The Hall–Kier alpha value is -1.42. The average molecular weight is 221 g/mol. The summed E-state index contributed by atoms with van der Waals surface area (Å²) in [5, 5.41) is 2.79. The zero-order valence-corrected chi connectivity index (χ0v) is 10.0. The number of hydrogen-bond donors (Lipinski definition) is 2. The van der Waals surface area contributed by atoms with Crippen LogP contribution in [0.15, 0.2) is 18.3 Å². The van der Waals surface area contributed by atoms with Gasteiger partial charge in [-0.15, -0.1) is 0 Å². The van der Waals surface area contributed by atoms with Crippen LogP contribution in [0.2, 0.25) is 0 Å². The first-order valence-electron chi connectivity index (χ1n) is 5.48. The first-order valence-corrected chi connectivity index (χ1v) is 5.48. The summed E-state index contributed by atoms with van der Waals surface area (Å²) in [5.41, 5.74) is 6.65. The van der Waals surface area contributed by atoms with E-state index in [1.165, 1.54) is 0 Å². The summed E-state index contributed by atoms with van der Waals surface area (Å²) in [6.45, 7) is 6.29. The molecule has 88 valence electrons. The molecule has 16 heavy (non-hydrogen) atoms. The lowest BCUT2D eigenvalue weighted by molar-refractivity contribution is -0.120. The van der Waals surface area contributed by atoms with Gasteiger partial charge in [0, 0.05) is 12.7 Å². The third-order valence-corrected chi connectivity index (χ3v) is 2.56. The molecule has 0 bridgehead atoms. The molecule has 4 heteroatoms. The van der Waals surface area contributed by atoms with E-state index >= 15 is 0 Å². The van der Waals surface area contributed by atoms with Gasteiger partial charge in [-0.2, -0.15) is 0 Å². The summed E-state index contributed by atoms with van der Waals surface area (Å²) in [6, 6.07) is 3.73. The van der Waals surface area contributed by atoms with Crippen molar-refractivity contribution in [1.82, 2.24) is 4.98 Å². The molecular weight excluding hydrogens is 202 g/mol. The van der Waals surface area contributed by atoms with Gasteiger partial charge in [0.2, 0.25) is 5.91 Å². The van der Waals surface area contributed by atoms with Crippen molar-refractivity contribution in [1.29, 1.82) is 0 Å². The molecule has 0 saturated heterocycles. The molecule has 1 amide bonds. The second-order valence-corrected chi connectivity index (χ2v) is 4.29. The van der Waals surface area contributed by atoms with Crippen molar-refractivity contribution in [2.24, 2.45) is 17.6 Å². The van der Waals surface area contributed by atoms with E-state index in [0.29, 0.717) is 12.4 Å². The molecule has 1 atom stereocenters. The van der Waals surface area contributed by atoms with Crippen LogP contribution in [0.3, 0.4) is 0 Å². The second kappa shape index (κ2) is 5.61. The van der Waals surface area contributed by atoms with Gasteiger partial charge in [0.15, 0.2) is 0 Å². The normalized spacial score (nSPS) is 12.6. The Morgan fingerprint density at radius 2 is 2.25 bits per heavy atom. The Labute approximate surface area is 96.3 Å². The van der Waals surface area contributed by atoms with E-state index in [1.807, 2.05) is 32.9 Å². The summed E-state index contributed by atoms with van der Waals surface area (Å²) < 4.78 is 0. The van der Waals surface area contributed by atoms with Crippen LogP contribution in [0.5, 0.6) is 0 Å². The van der Waals surface area contributed by atoms with E-state index in [0.717, 1.165) is 5.56 Å². The Morgan fingerprint density at radius 1 is 1.56 bits per heavy atom. The second-order valence-electron chi connectivity index (χ2n) is 4.29. The minimum atomic E-state index is -0.165. The number of hydrogen-bond acceptors (Lipinski definition) is 3. The molecule has 1 aromatic heterocycles. The highest BCUT2D eigenvalue weighted by Crippen LogP contribution is 2.13. The van der Waals surface area contributed by atoms with Crippen molar-refractivity contribution >= 4 is 11.7 Å². The molecule has 0 spiro atoms. The van der Waals surface area contributed by atoms with Crippen LogP contribution in [-0.2, 0) is 4.79 Å². The fourth-order valence-electron chi connectivity index (χ4n) is 1.51. The monoisotopic (exact) mass is 221 g/mol. The van der Waals surface area contributed by atoms with Crippen molar-refractivity contribution in [2.75, 3.05) is 11.9 Å². The van der Waals surface area contributed by atoms with E-state index in [2.05, 4.69) is 10.3 Å². The minimum Gasteiger partial charge on any atom is -0.330 e. The molecule has 0 aliphatic heterocycles. The predicted molar refractivity (Wildman–Crippen MR) is 65.0 cm³/mol. The number of pyridine rings is 1. The maximum absolute atomic E-state index is 11.9. The Morgan fingerprint density at radius 3 is 2.75 bits per heavy atom. The van der Waals surface area contributed by atoms with Crippen LogP contribution in [0.25, 0.3) is 0 Å². The molecule has 0 aromatic carbocycles. The van der Waals surface area contributed by atoms with Gasteiger partial charge in [-0.05, 0) is 30.5 Å². The van der Waals surface area contributed by atoms with E-state index < -0.39 is 0 Å². The van der Waals surface area contributed by atoms with E-state index in [1.54, 1.807) is 6.20 Å². The predicted octanol–water partition coefficient (Wildman–Crippen LogP) is 1.56. The maximum Gasteiger partial charge on any atom is 0.230 e. The molecular formula is C12H19N3O. The number of nitrogens with one attached hydrogen (secondary N) is 1. The van der Waals surface area contributed by atoms with Gasteiger partial charge in [0.1, 0.15) is 5.82 Å². The first kappa shape index (κ1) is 12.6. The smallest absolute Gasteiger partial charge is 0.230 e. The van der Waals surface area contributed by atoms with Gasteiger partial charge in [-0.25, -0.2) is 4.98 Å². The number of aromatic nitrogens is 1. The molecule has 3 N–H and O–H groups in total. The third-order valence-electron chi connectivity index (χ3n) is 2.56.